The molecule has 23 heavy (non-hydrogen) atoms. The van der Waals surface area contributed by atoms with Crippen LogP contribution in [0, 0.1) is 0 Å². The van der Waals surface area contributed by atoms with Crippen molar-refractivity contribution >= 4 is 5.69 Å². The van der Waals surface area contributed by atoms with Crippen molar-refractivity contribution in [1.29, 1.82) is 0 Å². The first kappa shape index (κ1) is 15.9. The quantitative estimate of drug-likeness (QED) is 0.899. The van der Waals surface area contributed by atoms with Crippen LogP contribution in [-0.4, -0.2) is 24.0 Å². The molecule has 2 aromatic carbocycles. The van der Waals surface area contributed by atoms with E-state index in [1.54, 1.807) is 0 Å². The zero-order valence-electron chi connectivity index (χ0n) is 12.7. The molecule has 1 aliphatic heterocycles. The summed E-state index contributed by atoms with van der Waals surface area (Å²) in [6.07, 6.45) is -3.29. The lowest BCUT2D eigenvalue weighted by atomic mass is 10.2. The predicted octanol–water partition coefficient (Wildman–Crippen LogP) is 4.39. The SMILES string of the molecule is FC(F)(F)c1ccc(NC2CCN(Cc3ccccc3)C2)cc1. The molecule has 0 saturated carbocycles. The number of halogens is 3. The Kier molecular flexibility index (Phi) is 4.57. The lowest BCUT2D eigenvalue weighted by Crippen LogP contribution is -2.25. The van der Waals surface area contributed by atoms with Gasteiger partial charge in [-0.3, -0.25) is 4.90 Å². The number of benzene rings is 2. The largest absolute Gasteiger partial charge is 0.416 e. The van der Waals surface area contributed by atoms with Crippen molar-refractivity contribution in [2.75, 3.05) is 18.4 Å². The molecule has 1 unspecified atom stereocenters. The Morgan fingerprint density at radius 2 is 1.70 bits per heavy atom. The van der Waals surface area contributed by atoms with Gasteiger partial charge in [-0.05, 0) is 36.2 Å². The van der Waals surface area contributed by atoms with Gasteiger partial charge in [-0.15, -0.1) is 0 Å². The van der Waals surface area contributed by atoms with E-state index in [2.05, 4.69) is 22.3 Å². The van der Waals surface area contributed by atoms with E-state index in [4.69, 9.17) is 0 Å². The van der Waals surface area contributed by atoms with Crippen molar-refractivity contribution in [1.82, 2.24) is 4.90 Å². The van der Waals surface area contributed by atoms with Gasteiger partial charge >= 0.3 is 6.18 Å². The molecule has 1 N–H and O–H groups in total. The summed E-state index contributed by atoms with van der Waals surface area (Å²) in [6.45, 7) is 2.80. The average Bonchev–Trinajstić information content (AvgIpc) is 2.95. The van der Waals surface area contributed by atoms with Crippen molar-refractivity contribution in [3.05, 3.63) is 65.7 Å². The van der Waals surface area contributed by atoms with Crippen molar-refractivity contribution in [3.63, 3.8) is 0 Å². The molecule has 1 fully saturated rings. The molecule has 5 heteroatoms. The molecule has 0 aliphatic carbocycles. The van der Waals surface area contributed by atoms with Crippen molar-refractivity contribution in [2.24, 2.45) is 0 Å². The molecule has 1 atom stereocenters. The number of rotatable bonds is 4. The van der Waals surface area contributed by atoms with Gasteiger partial charge in [-0.2, -0.15) is 13.2 Å². The number of nitrogens with zero attached hydrogens (tertiary/aromatic N) is 1. The first-order valence-electron chi connectivity index (χ1n) is 7.71. The monoisotopic (exact) mass is 320 g/mol. The highest BCUT2D eigenvalue weighted by Crippen LogP contribution is 2.30. The number of hydrogen-bond donors (Lipinski definition) is 1. The van der Waals surface area contributed by atoms with Gasteiger partial charge < -0.3 is 5.32 Å². The number of nitrogens with one attached hydrogen (secondary N) is 1. The summed E-state index contributed by atoms with van der Waals surface area (Å²) in [5, 5.41) is 3.33. The fraction of sp³-hybridized carbons (Fsp3) is 0.333. The molecule has 0 spiro atoms. The smallest absolute Gasteiger partial charge is 0.381 e. The van der Waals surface area contributed by atoms with E-state index in [1.807, 2.05) is 18.2 Å². The molecule has 0 aromatic heterocycles. The second kappa shape index (κ2) is 6.62. The summed E-state index contributed by atoms with van der Waals surface area (Å²) in [6, 6.07) is 15.8. The predicted molar refractivity (Wildman–Crippen MR) is 85.2 cm³/mol. The number of alkyl halides is 3. The van der Waals surface area contributed by atoms with Crippen LogP contribution in [0.5, 0.6) is 0 Å². The van der Waals surface area contributed by atoms with Crippen LogP contribution in [0.4, 0.5) is 18.9 Å². The summed E-state index contributed by atoms with van der Waals surface area (Å²) < 4.78 is 37.7. The van der Waals surface area contributed by atoms with E-state index >= 15 is 0 Å². The van der Waals surface area contributed by atoms with Gasteiger partial charge in [0.05, 0.1) is 5.56 Å². The maximum atomic E-state index is 12.6. The Balaban J connectivity index is 1.54. The fourth-order valence-corrected chi connectivity index (χ4v) is 2.93. The lowest BCUT2D eigenvalue weighted by Gasteiger charge is -2.18. The van der Waals surface area contributed by atoms with Crippen LogP contribution in [0.3, 0.4) is 0 Å². The van der Waals surface area contributed by atoms with Crippen LogP contribution in [0.1, 0.15) is 17.5 Å². The highest BCUT2D eigenvalue weighted by atomic mass is 19.4. The highest BCUT2D eigenvalue weighted by molar-refractivity contribution is 5.46. The Morgan fingerprint density at radius 3 is 2.35 bits per heavy atom. The first-order chi connectivity index (χ1) is 11.0. The van der Waals surface area contributed by atoms with Crippen LogP contribution in [0.2, 0.25) is 0 Å². The van der Waals surface area contributed by atoms with Gasteiger partial charge in [0.1, 0.15) is 0 Å². The molecule has 122 valence electrons. The maximum absolute atomic E-state index is 12.6. The molecule has 3 rings (SSSR count). The second-order valence-electron chi connectivity index (χ2n) is 5.93. The van der Waals surface area contributed by atoms with Crippen molar-refractivity contribution in [2.45, 2.75) is 25.2 Å². The van der Waals surface area contributed by atoms with Gasteiger partial charge in [0, 0.05) is 31.4 Å². The summed E-state index contributed by atoms with van der Waals surface area (Å²) >= 11 is 0. The van der Waals surface area contributed by atoms with Crippen LogP contribution in [0.15, 0.2) is 54.6 Å². The van der Waals surface area contributed by atoms with Gasteiger partial charge in [0.15, 0.2) is 0 Å². The third-order valence-electron chi connectivity index (χ3n) is 4.10. The van der Waals surface area contributed by atoms with Crippen LogP contribution in [-0.2, 0) is 12.7 Å². The Labute approximate surface area is 133 Å². The van der Waals surface area contributed by atoms with E-state index in [1.165, 1.54) is 17.7 Å². The summed E-state index contributed by atoms with van der Waals surface area (Å²) in [5.41, 5.74) is 1.41. The number of anilines is 1. The van der Waals surface area contributed by atoms with Crippen molar-refractivity contribution < 1.29 is 13.2 Å². The zero-order chi connectivity index (χ0) is 16.3. The van der Waals surface area contributed by atoms with Crippen LogP contribution in [0.25, 0.3) is 0 Å². The van der Waals surface area contributed by atoms with Crippen molar-refractivity contribution in [3.8, 4) is 0 Å². The number of hydrogen-bond acceptors (Lipinski definition) is 2. The summed E-state index contributed by atoms with van der Waals surface area (Å²) in [7, 11) is 0. The summed E-state index contributed by atoms with van der Waals surface area (Å²) in [5.74, 6) is 0. The minimum Gasteiger partial charge on any atom is -0.381 e. The van der Waals surface area contributed by atoms with E-state index in [0.29, 0.717) is 0 Å². The second-order valence-corrected chi connectivity index (χ2v) is 5.93. The average molecular weight is 320 g/mol. The van der Waals surface area contributed by atoms with Crippen LogP contribution >= 0.6 is 0 Å². The van der Waals surface area contributed by atoms with Gasteiger partial charge in [0.25, 0.3) is 0 Å². The molecule has 0 radical (unpaired) electrons. The van der Waals surface area contributed by atoms with E-state index in [9.17, 15) is 13.2 Å². The van der Waals surface area contributed by atoms with Gasteiger partial charge in [-0.25, -0.2) is 0 Å². The Morgan fingerprint density at radius 1 is 1.00 bits per heavy atom. The lowest BCUT2D eigenvalue weighted by molar-refractivity contribution is -0.137. The van der Waals surface area contributed by atoms with Gasteiger partial charge in [-0.1, -0.05) is 30.3 Å². The third kappa shape index (κ3) is 4.26. The highest BCUT2D eigenvalue weighted by Gasteiger charge is 2.30. The Bertz CT molecular complexity index is 623. The standard InChI is InChI=1S/C18H19F3N2/c19-18(20,21)15-6-8-16(9-7-15)22-17-10-11-23(13-17)12-14-4-2-1-3-5-14/h1-9,17,22H,10-13H2. The van der Waals surface area contributed by atoms with Gasteiger partial charge in [0.2, 0.25) is 0 Å². The van der Waals surface area contributed by atoms with Crippen LogP contribution < -0.4 is 5.32 Å². The third-order valence-corrected chi connectivity index (χ3v) is 4.10. The molecule has 2 aromatic rings. The molecular formula is C18H19F3N2. The number of likely N-dealkylation sites (tertiary alicyclic amines) is 1. The van der Waals surface area contributed by atoms with E-state index in [0.717, 1.165) is 43.9 Å². The molecular weight excluding hydrogens is 301 g/mol. The fourth-order valence-electron chi connectivity index (χ4n) is 2.93. The minimum atomic E-state index is -4.28. The summed E-state index contributed by atoms with van der Waals surface area (Å²) in [4.78, 5) is 2.36. The molecule has 1 saturated heterocycles. The Hall–Kier alpha value is -2.01. The van der Waals surface area contributed by atoms with E-state index in [-0.39, 0.29) is 6.04 Å². The molecule has 1 aliphatic rings. The van der Waals surface area contributed by atoms with E-state index < -0.39 is 11.7 Å². The first-order valence-corrected chi connectivity index (χ1v) is 7.71. The minimum absolute atomic E-state index is 0.274. The molecule has 1 heterocycles. The molecule has 2 nitrogen and oxygen atoms in total. The molecule has 0 bridgehead atoms. The normalized spacial score (nSPS) is 19.0. The topological polar surface area (TPSA) is 15.3 Å². The maximum Gasteiger partial charge on any atom is 0.416 e. The zero-order valence-corrected chi connectivity index (χ0v) is 12.7. The molecule has 0 amide bonds.